The number of nitrogen functional groups attached to an aromatic ring is 2. The van der Waals surface area contributed by atoms with Crippen LogP contribution in [0.25, 0.3) is 11.3 Å². The van der Waals surface area contributed by atoms with Crippen molar-refractivity contribution in [3.05, 3.63) is 70.1 Å². The van der Waals surface area contributed by atoms with E-state index in [-0.39, 0.29) is 22.2 Å². The molecule has 0 fully saturated rings. The summed E-state index contributed by atoms with van der Waals surface area (Å²) < 4.78 is 16.8. The number of pyridine rings is 1. The molecule has 0 bridgehead atoms. The summed E-state index contributed by atoms with van der Waals surface area (Å²) in [5.74, 6) is -0.734. The lowest BCUT2D eigenvalue weighted by atomic mass is 10.1. The highest BCUT2D eigenvalue weighted by Gasteiger charge is 2.12. The number of nitrogens with two attached hydrogens (primary N) is 2. The van der Waals surface area contributed by atoms with Crippen molar-refractivity contribution in [1.82, 2.24) is 4.98 Å². The summed E-state index contributed by atoms with van der Waals surface area (Å²) in [6.45, 7) is 0. The maximum Gasteiger partial charge on any atom is 0.165 e. The number of benzene rings is 2. The molecule has 0 aliphatic heterocycles. The summed E-state index contributed by atoms with van der Waals surface area (Å²) >= 11 is 13.3. The van der Waals surface area contributed by atoms with Crippen molar-refractivity contribution in [3.8, 4) is 11.3 Å². The van der Waals surface area contributed by atoms with Crippen molar-refractivity contribution in [2.24, 2.45) is 5.73 Å². The van der Waals surface area contributed by atoms with Gasteiger partial charge in [-0.15, -0.1) is 0 Å². The normalized spacial score (nSPS) is 10.6. The monoisotopic (exact) mass is 421 g/mol. The summed E-state index contributed by atoms with van der Waals surface area (Å²) in [6, 6.07) is 13.4. The Morgan fingerprint density at radius 2 is 1.89 bits per heavy atom. The molecule has 1 heterocycles. The second kappa shape index (κ2) is 8.04. The second-order valence-electron chi connectivity index (χ2n) is 5.50. The third-order valence-electron chi connectivity index (χ3n) is 3.63. The molecule has 9 heteroatoms. The van der Waals surface area contributed by atoms with E-state index in [4.69, 9.17) is 40.1 Å². The van der Waals surface area contributed by atoms with E-state index < -0.39 is 5.82 Å². The zero-order valence-corrected chi connectivity index (χ0v) is 16.1. The molecule has 0 aliphatic carbocycles. The van der Waals surface area contributed by atoms with Gasteiger partial charge in [-0.05, 0) is 48.3 Å². The van der Waals surface area contributed by atoms with Crippen LogP contribution in [0.2, 0.25) is 10.0 Å². The molecule has 27 heavy (non-hydrogen) atoms. The summed E-state index contributed by atoms with van der Waals surface area (Å²) in [5.41, 5.74) is 13.3. The van der Waals surface area contributed by atoms with Crippen molar-refractivity contribution < 1.29 is 4.39 Å². The van der Waals surface area contributed by atoms with Crippen molar-refractivity contribution in [1.29, 1.82) is 5.41 Å². The third-order valence-corrected chi connectivity index (χ3v) is 5.04. The van der Waals surface area contributed by atoms with Crippen LogP contribution in [-0.2, 0) is 0 Å². The van der Waals surface area contributed by atoms with Crippen molar-refractivity contribution in [2.75, 3.05) is 10.5 Å². The Labute approximate surface area is 169 Å². The van der Waals surface area contributed by atoms with E-state index >= 15 is 0 Å². The van der Waals surface area contributed by atoms with E-state index in [0.717, 1.165) is 4.90 Å². The molecule has 0 atom stereocenters. The number of anilines is 2. The fourth-order valence-corrected chi connectivity index (χ4v) is 3.51. The molecule has 6 N–H and O–H groups in total. The number of halogens is 3. The Balaban J connectivity index is 1.83. The lowest BCUT2D eigenvalue weighted by Gasteiger charge is -2.11. The van der Waals surface area contributed by atoms with Crippen molar-refractivity contribution in [2.45, 2.75) is 4.90 Å². The maximum atomic E-state index is 13.9. The Hall–Kier alpha value is -2.48. The first-order chi connectivity index (χ1) is 12.9. The Bertz CT molecular complexity index is 1030. The summed E-state index contributed by atoms with van der Waals surface area (Å²) in [6.07, 6.45) is 0. The molecule has 0 radical (unpaired) electrons. The number of amidine groups is 1. The van der Waals surface area contributed by atoms with Crippen LogP contribution in [0.3, 0.4) is 0 Å². The van der Waals surface area contributed by atoms with E-state index in [0.29, 0.717) is 22.0 Å². The highest BCUT2D eigenvalue weighted by atomic mass is 35.5. The topological polar surface area (TPSA) is 101 Å². The van der Waals surface area contributed by atoms with Gasteiger partial charge >= 0.3 is 0 Å². The van der Waals surface area contributed by atoms with Gasteiger partial charge in [0.1, 0.15) is 11.5 Å². The number of aromatic nitrogens is 1. The van der Waals surface area contributed by atoms with Gasteiger partial charge in [0.05, 0.1) is 27.1 Å². The average molecular weight is 422 g/mol. The zero-order valence-electron chi connectivity index (χ0n) is 13.8. The van der Waals surface area contributed by atoms with Gasteiger partial charge in [0.2, 0.25) is 0 Å². The summed E-state index contributed by atoms with van der Waals surface area (Å²) in [7, 11) is 0. The average Bonchev–Trinajstić information content (AvgIpc) is 2.63. The van der Waals surface area contributed by atoms with Gasteiger partial charge in [0.15, 0.2) is 5.82 Å². The molecule has 0 aliphatic rings. The van der Waals surface area contributed by atoms with Crippen molar-refractivity contribution in [3.63, 3.8) is 0 Å². The SMILES string of the molecule is N=C(N)c1nc(-c2ccc(SNc3cccc(Cl)c3F)cc2Cl)ccc1N. The lowest BCUT2D eigenvalue weighted by molar-refractivity contribution is 0.633. The van der Waals surface area contributed by atoms with Gasteiger partial charge < -0.3 is 16.2 Å². The van der Waals surface area contributed by atoms with E-state index in [9.17, 15) is 4.39 Å². The van der Waals surface area contributed by atoms with Gasteiger partial charge in [-0.2, -0.15) is 0 Å². The van der Waals surface area contributed by atoms with E-state index in [1.807, 2.05) is 6.07 Å². The fraction of sp³-hybridized carbons (Fsp3) is 0. The van der Waals surface area contributed by atoms with Gasteiger partial charge in [0.25, 0.3) is 0 Å². The molecule has 3 aromatic rings. The molecule has 3 rings (SSSR count). The Morgan fingerprint density at radius 3 is 2.59 bits per heavy atom. The first kappa shape index (κ1) is 19.3. The molecule has 0 saturated carbocycles. The molecular weight excluding hydrogens is 408 g/mol. The second-order valence-corrected chi connectivity index (χ2v) is 7.19. The fourth-order valence-electron chi connectivity index (χ4n) is 2.30. The Kier molecular flexibility index (Phi) is 5.74. The first-order valence-electron chi connectivity index (χ1n) is 7.64. The summed E-state index contributed by atoms with van der Waals surface area (Å²) in [5, 5.41) is 8.03. The van der Waals surface area contributed by atoms with E-state index in [2.05, 4.69) is 9.71 Å². The minimum Gasteiger partial charge on any atom is -0.397 e. The standard InChI is InChI=1S/C18H14Cl2FN5S/c19-11-2-1-3-15(16(11)21)26-27-9-4-5-10(12(20)8-9)14-7-6-13(22)17(25-14)18(23)24/h1-8,26H,22H2,(H3,23,24). The molecular formula is C18H14Cl2FN5S. The van der Waals surface area contributed by atoms with Crippen LogP contribution in [0.1, 0.15) is 5.69 Å². The predicted octanol–water partition coefficient (Wildman–Crippen LogP) is 5.18. The molecule has 0 amide bonds. The molecule has 0 saturated heterocycles. The molecule has 138 valence electrons. The van der Waals surface area contributed by atoms with Crippen LogP contribution in [-0.4, -0.2) is 10.8 Å². The van der Waals surface area contributed by atoms with Crippen LogP contribution in [0, 0.1) is 11.2 Å². The minimum absolute atomic E-state index is 0.0460. The minimum atomic E-state index is -0.516. The van der Waals surface area contributed by atoms with Gasteiger partial charge in [-0.25, -0.2) is 9.37 Å². The van der Waals surface area contributed by atoms with Crippen LogP contribution in [0.5, 0.6) is 0 Å². The zero-order chi connectivity index (χ0) is 19.6. The highest BCUT2D eigenvalue weighted by molar-refractivity contribution is 8.00. The molecule has 0 spiro atoms. The predicted molar refractivity (Wildman–Crippen MR) is 111 cm³/mol. The molecule has 2 aromatic carbocycles. The number of hydrogen-bond donors (Lipinski definition) is 4. The van der Waals surface area contributed by atoms with E-state index in [1.165, 1.54) is 18.0 Å². The van der Waals surface area contributed by atoms with Crippen LogP contribution in [0.4, 0.5) is 15.8 Å². The quantitative estimate of drug-likeness (QED) is 0.258. The molecule has 1 aromatic heterocycles. The highest BCUT2D eigenvalue weighted by Crippen LogP contribution is 2.33. The smallest absolute Gasteiger partial charge is 0.165 e. The van der Waals surface area contributed by atoms with Gasteiger partial charge in [-0.1, -0.05) is 35.3 Å². The number of rotatable bonds is 5. The van der Waals surface area contributed by atoms with Crippen LogP contribution >= 0.6 is 35.1 Å². The van der Waals surface area contributed by atoms with E-state index in [1.54, 1.807) is 36.4 Å². The Morgan fingerprint density at radius 1 is 1.11 bits per heavy atom. The largest absolute Gasteiger partial charge is 0.397 e. The maximum absolute atomic E-state index is 13.9. The number of nitrogens with one attached hydrogen (secondary N) is 2. The summed E-state index contributed by atoms with van der Waals surface area (Å²) in [4.78, 5) is 5.07. The third kappa shape index (κ3) is 4.27. The van der Waals surface area contributed by atoms with Gasteiger partial charge in [0, 0.05) is 10.5 Å². The van der Waals surface area contributed by atoms with Crippen LogP contribution < -0.4 is 16.2 Å². The first-order valence-corrected chi connectivity index (χ1v) is 9.21. The molecule has 0 unspecified atom stereocenters. The number of nitrogens with zero attached hydrogens (tertiary/aromatic N) is 1. The van der Waals surface area contributed by atoms with Gasteiger partial charge in [-0.3, -0.25) is 5.41 Å². The molecule has 5 nitrogen and oxygen atoms in total. The lowest BCUT2D eigenvalue weighted by Crippen LogP contribution is -2.16. The van der Waals surface area contributed by atoms with Crippen molar-refractivity contribution >= 4 is 52.4 Å². The number of hydrogen-bond acceptors (Lipinski definition) is 5. The van der Waals surface area contributed by atoms with Crippen LogP contribution in [0.15, 0.2) is 53.4 Å².